The van der Waals surface area contributed by atoms with Gasteiger partial charge in [0.15, 0.2) is 0 Å². The minimum atomic E-state index is 0.305. The van der Waals surface area contributed by atoms with Crippen LogP contribution in [0.5, 0.6) is 5.75 Å². The standard InChI is InChI=1S/C16H22N2O2/c1-13-11-18(12-14(2)20-13)8-5-9-19-16-7-4-3-6-15(16)10-17/h3-4,6-7,13-14H,5,8-9,11-12H2,1-2H3/t13-,14-/m0/s1. The highest BCUT2D eigenvalue weighted by Gasteiger charge is 2.21. The number of nitriles is 1. The van der Waals surface area contributed by atoms with Gasteiger partial charge in [-0.1, -0.05) is 12.1 Å². The van der Waals surface area contributed by atoms with E-state index in [1.165, 1.54) is 0 Å². The second kappa shape index (κ2) is 7.28. The maximum absolute atomic E-state index is 8.99. The lowest BCUT2D eigenvalue weighted by Crippen LogP contribution is -2.45. The zero-order valence-corrected chi connectivity index (χ0v) is 12.2. The first-order valence-corrected chi connectivity index (χ1v) is 7.19. The summed E-state index contributed by atoms with van der Waals surface area (Å²) in [6.45, 7) is 7.84. The van der Waals surface area contributed by atoms with Crippen LogP contribution in [0.25, 0.3) is 0 Å². The van der Waals surface area contributed by atoms with Gasteiger partial charge < -0.3 is 9.47 Å². The SMILES string of the molecule is C[C@H]1CN(CCCOc2ccccc2C#N)C[C@H](C)O1. The summed E-state index contributed by atoms with van der Waals surface area (Å²) in [6, 6.07) is 9.51. The second-order valence-corrected chi connectivity index (χ2v) is 5.33. The summed E-state index contributed by atoms with van der Waals surface area (Å²) < 4.78 is 11.4. The van der Waals surface area contributed by atoms with Gasteiger partial charge >= 0.3 is 0 Å². The van der Waals surface area contributed by atoms with E-state index in [9.17, 15) is 0 Å². The maximum Gasteiger partial charge on any atom is 0.137 e. The van der Waals surface area contributed by atoms with E-state index in [-0.39, 0.29) is 0 Å². The predicted molar refractivity (Wildman–Crippen MR) is 77.7 cm³/mol. The van der Waals surface area contributed by atoms with Crippen LogP contribution in [0, 0.1) is 11.3 Å². The summed E-state index contributed by atoms with van der Waals surface area (Å²) in [4.78, 5) is 2.42. The average Bonchev–Trinajstić information content (AvgIpc) is 2.43. The number of para-hydroxylation sites is 1. The van der Waals surface area contributed by atoms with Gasteiger partial charge in [-0.3, -0.25) is 4.90 Å². The normalized spacial score (nSPS) is 23.2. The molecule has 2 atom stereocenters. The Kier molecular flexibility index (Phi) is 5.40. The van der Waals surface area contributed by atoms with Crippen LogP contribution >= 0.6 is 0 Å². The van der Waals surface area contributed by atoms with E-state index in [1.54, 1.807) is 6.07 Å². The van der Waals surface area contributed by atoms with E-state index in [0.29, 0.717) is 30.1 Å². The molecule has 1 aromatic rings. The van der Waals surface area contributed by atoms with Crippen molar-refractivity contribution in [2.75, 3.05) is 26.2 Å². The molecule has 1 fully saturated rings. The highest BCUT2D eigenvalue weighted by molar-refractivity contribution is 5.42. The molecule has 1 aliphatic rings. The zero-order chi connectivity index (χ0) is 14.4. The van der Waals surface area contributed by atoms with E-state index in [0.717, 1.165) is 26.1 Å². The van der Waals surface area contributed by atoms with Gasteiger partial charge in [-0.05, 0) is 32.4 Å². The molecule has 0 N–H and O–H groups in total. The largest absolute Gasteiger partial charge is 0.492 e. The Balaban J connectivity index is 1.73. The Morgan fingerprint density at radius 1 is 1.30 bits per heavy atom. The Morgan fingerprint density at radius 2 is 2.00 bits per heavy atom. The van der Waals surface area contributed by atoms with Crippen molar-refractivity contribution in [3.63, 3.8) is 0 Å². The Hall–Kier alpha value is -1.57. The molecule has 0 saturated carbocycles. The third kappa shape index (κ3) is 4.22. The van der Waals surface area contributed by atoms with Gasteiger partial charge in [-0.15, -0.1) is 0 Å². The van der Waals surface area contributed by atoms with Crippen molar-refractivity contribution in [3.05, 3.63) is 29.8 Å². The molecule has 1 aromatic carbocycles. The van der Waals surface area contributed by atoms with Crippen LogP contribution in [-0.4, -0.2) is 43.3 Å². The third-order valence-electron chi connectivity index (χ3n) is 3.38. The molecule has 0 spiro atoms. The van der Waals surface area contributed by atoms with Gasteiger partial charge in [0.2, 0.25) is 0 Å². The molecule has 4 heteroatoms. The van der Waals surface area contributed by atoms with Crippen molar-refractivity contribution >= 4 is 0 Å². The van der Waals surface area contributed by atoms with Gasteiger partial charge in [0.25, 0.3) is 0 Å². The minimum Gasteiger partial charge on any atom is -0.492 e. The molecule has 1 heterocycles. The summed E-state index contributed by atoms with van der Waals surface area (Å²) in [7, 11) is 0. The van der Waals surface area contributed by atoms with Gasteiger partial charge in [-0.2, -0.15) is 5.26 Å². The quantitative estimate of drug-likeness (QED) is 0.774. The maximum atomic E-state index is 8.99. The average molecular weight is 274 g/mol. The number of ether oxygens (including phenoxy) is 2. The molecule has 0 aliphatic carbocycles. The van der Waals surface area contributed by atoms with E-state index >= 15 is 0 Å². The number of hydrogen-bond acceptors (Lipinski definition) is 4. The highest BCUT2D eigenvalue weighted by Crippen LogP contribution is 2.17. The number of nitrogens with zero attached hydrogens (tertiary/aromatic N) is 2. The molecule has 0 bridgehead atoms. The van der Waals surface area contributed by atoms with E-state index in [1.807, 2.05) is 18.2 Å². The summed E-state index contributed by atoms with van der Waals surface area (Å²) >= 11 is 0. The molecule has 20 heavy (non-hydrogen) atoms. The van der Waals surface area contributed by atoms with Crippen LogP contribution in [0.4, 0.5) is 0 Å². The number of benzene rings is 1. The Labute approximate surface area is 120 Å². The lowest BCUT2D eigenvalue weighted by atomic mass is 10.2. The first kappa shape index (κ1) is 14.8. The summed E-state index contributed by atoms with van der Waals surface area (Å²) in [5.41, 5.74) is 0.598. The molecule has 0 amide bonds. The molecule has 0 aromatic heterocycles. The van der Waals surface area contributed by atoms with Gasteiger partial charge in [0.1, 0.15) is 11.8 Å². The smallest absolute Gasteiger partial charge is 0.137 e. The van der Waals surface area contributed by atoms with Crippen LogP contribution in [0.3, 0.4) is 0 Å². The van der Waals surface area contributed by atoms with E-state index < -0.39 is 0 Å². The Bertz CT molecular complexity index is 460. The summed E-state index contributed by atoms with van der Waals surface area (Å²) in [5.74, 6) is 0.679. The van der Waals surface area contributed by atoms with Crippen LogP contribution in [0.15, 0.2) is 24.3 Å². The van der Waals surface area contributed by atoms with Crippen molar-refractivity contribution in [2.45, 2.75) is 32.5 Å². The van der Waals surface area contributed by atoms with Crippen LogP contribution in [0.1, 0.15) is 25.8 Å². The lowest BCUT2D eigenvalue weighted by Gasteiger charge is -2.35. The van der Waals surface area contributed by atoms with Crippen LogP contribution in [-0.2, 0) is 4.74 Å². The molecule has 4 nitrogen and oxygen atoms in total. The topological polar surface area (TPSA) is 45.5 Å². The first-order valence-electron chi connectivity index (χ1n) is 7.19. The van der Waals surface area contributed by atoms with Gasteiger partial charge in [-0.25, -0.2) is 0 Å². The monoisotopic (exact) mass is 274 g/mol. The van der Waals surface area contributed by atoms with Crippen molar-refractivity contribution in [2.24, 2.45) is 0 Å². The van der Waals surface area contributed by atoms with Crippen LogP contribution < -0.4 is 4.74 Å². The minimum absolute atomic E-state index is 0.305. The van der Waals surface area contributed by atoms with Crippen molar-refractivity contribution in [1.29, 1.82) is 5.26 Å². The third-order valence-corrected chi connectivity index (χ3v) is 3.38. The summed E-state index contributed by atoms with van der Waals surface area (Å²) in [6.07, 6.45) is 1.57. The van der Waals surface area contributed by atoms with Crippen molar-refractivity contribution < 1.29 is 9.47 Å². The first-order chi connectivity index (χ1) is 9.69. The zero-order valence-electron chi connectivity index (χ0n) is 12.2. The fourth-order valence-corrected chi connectivity index (χ4v) is 2.62. The molecular formula is C16H22N2O2. The molecule has 2 rings (SSSR count). The molecule has 0 unspecified atom stereocenters. The fourth-order valence-electron chi connectivity index (χ4n) is 2.62. The molecule has 1 aliphatic heterocycles. The van der Waals surface area contributed by atoms with Crippen molar-refractivity contribution in [1.82, 2.24) is 4.90 Å². The lowest BCUT2D eigenvalue weighted by molar-refractivity contribution is -0.0686. The number of rotatable bonds is 5. The molecule has 1 saturated heterocycles. The fraction of sp³-hybridized carbons (Fsp3) is 0.562. The Morgan fingerprint density at radius 3 is 2.70 bits per heavy atom. The van der Waals surface area contributed by atoms with E-state index in [4.69, 9.17) is 14.7 Å². The van der Waals surface area contributed by atoms with E-state index in [2.05, 4.69) is 24.8 Å². The second-order valence-electron chi connectivity index (χ2n) is 5.33. The number of hydrogen-bond donors (Lipinski definition) is 0. The van der Waals surface area contributed by atoms with Crippen LogP contribution in [0.2, 0.25) is 0 Å². The van der Waals surface area contributed by atoms with Gasteiger partial charge in [0, 0.05) is 19.6 Å². The number of morpholine rings is 1. The highest BCUT2D eigenvalue weighted by atomic mass is 16.5. The predicted octanol–water partition coefficient (Wildman–Crippen LogP) is 2.44. The van der Waals surface area contributed by atoms with Gasteiger partial charge in [0.05, 0.1) is 24.4 Å². The van der Waals surface area contributed by atoms with Crippen molar-refractivity contribution in [3.8, 4) is 11.8 Å². The summed E-state index contributed by atoms with van der Waals surface area (Å²) in [5, 5.41) is 8.99. The molecule has 0 radical (unpaired) electrons. The molecule has 108 valence electrons. The molecular weight excluding hydrogens is 252 g/mol.